The molecule has 13 nitrogen and oxygen atoms in total. The van der Waals surface area contributed by atoms with Gasteiger partial charge in [-0.25, -0.2) is 0 Å². The average Bonchev–Trinajstić information content (AvgIpc) is 4.18. The average molecular weight is 897 g/mol. The van der Waals surface area contributed by atoms with Crippen molar-refractivity contribution in [3.05, 3.63) is 136 Å². The van der Waals surface area contributed by atoms with Crippen LogP contribution in [-0.2, 0) is 29.3 Å². The van der Waals surface area contributed by atoms with E-state index in [1.165, 1.54) is 0 Å². The van der Waals surface area contributed by atoms with Crippen LogP contribution in [0.1, 0.15) is 71.3 Å². The second-order valence-electron chi connectivity index (χ2n) is 19.5. The number of hydrogen-bond donors (Lipinski definition) is 2. The molecule has 66 heavy (non-hydrogen) atoms. The molecular weight excluding hydrogens is 837 g/mol. The van der Waals surface area contributed by atoms with E-state index in [0.717, 1.165) is 24.0 Å². The van der Waals surface area contributed by atoms with E-state index < -0.39 is 12.4 Å². The Bertz CT molecular complexity index is 2560. The van der Waals surface area contributed by atoms with E-state index in [9.17, 15) is 19.5 Å². The van der Waals surface area contributed by atoms with E-state index in [1.807, 2.05) is 93.8 Å². The van der Waals surface area contributed by atoms with Crippen molar-refractivity contribution in [2.24, 2.45) is 65.1 Å². The number of benzene rings is 2. The van der Waals surface area contributed by atoms with Crippen molar-refractivity contribution in [3.63, 3.8) is 0 Å². The van der Waals surface area contributed by atoms with Crippen LogP contribution in [0.2, 0.25) is 0 Å². The van der Waals surface area contributed by atoms with E-state index in [1.54, 1.807) is 6.08 Å². The smallest absolute Gasteiger partial charge is 0.265 e. The Morgan fingerprint density at radius 2 is 1.35 bits per heavy atom. The molecule has 13 heteroatoms. The summed E-state index contributed by atoms with van der Waals surface area (Å²) in [4.78, 5) is 41.3. The van der Waals surface area contributed by atoms with Crippen molar-refractivity contribution in [2.45, 2.75) is 52.5 Å². The molecule has 2 aromatic carbocycles. The molecule has 4 bridgehead atoms. The molecule has 12 atom stereocenters. The molecule has 2 heterocycles. The molecule has 4 aromatic rings. The minimum absolute atomic E-state index is 0.00438. The van der Waals surface area contributed by atoms with Crippen LogP contribution < -0.4 is 9.47 Å². The minimum Gasteiger partial charge on any atom is -0.507 e. The molecule has 7 aliphatic carbocycles. The number of aliphatic hydroxyl groups excluding tert-OH is 2. The number of aromatic nitrogens is 2. The standard InChI is InChI=1S/C26H28N2O4.C15H18N2O4.C12H14O/c1-13-15-9-10-16(13)19-17(15)11-18-20(23(19)29)24(30)21-25(22(18)28(2)3)32-27-26(21)31-12-14-7-5-4-6-8-14;1-17(2)8-13-14(12(19)9-18)15(16-21-13)20-10-11-6-4-3-5-7-11;1-7-8-5-6-9(7)12-10(8)3-2-4-11(12)13/h4-10,13,15-19,22,30H,11-12H2,1-3H3;3-7,18H,8-10H2,1-2H3;2,4-10,12H,3H2,1H3/t13?,15-,16+,17-,18+,19+,22+;;7?,8-,9+,10-,12+/m0.0/s1. The van der Waals surface area contributed by atoms with Gasteiger partial charge in [-0.05, 0) is 116 Å². The van der Waals surface area contributed by atoms with Crippen molar-refractivity contribution in [3.8, 4) is 11.8 Å². The largest absolute Gasteiger partial charge is 0.507 e. The van der Waals surface area contributed by atoms with Crippen molar-refractivity contribution in [1.29, 1.82) is 0 Å². The van der Waals surface area contributed by atoms with Crippen LogP contribution in [0.15, 0.2) is 112 Å². The number of hydrogen-bond acceptors (Lipinski definition) is 13. The van der Waals surface area contributed by atoms with Crippen LogP contribution >= 0.6 is 0 Å². The minimum atomic E-state index is -0.608. The van der Waals surface area contributed by atoms with Gasteiger partial charge in [-0.2, -0.15) is 0 Å². The van der Waals surface area contributed by atoms with E-state index in [-0.39, 0.29) is 59.3 Å². The fraction of sp³-hybridized carbons (Fsp3) is 0.453. The van der Waals surface area contributed by atoms with Crippen LogP contribution in [0.3, 0.4) is 0 Å². The molecule has 3 saturated carbocycles. The molecule has 2 aromatic heterocycles. The van der Waals surface area contributed by atoms with Gasteiger partial charge in [0.05, 0.1) is 12.6 Å². The lowest BCUT2D eigenvalue weighted by Gasteiger charge is -2.43. The van der Waals surface area contributed by atoms with Crippen molar-refractivity contribution < 1.29 is 43.1 Å². The van der Waals surface area contributed by atoms with Crippen molar-refractivity contribution in [1.82, 2.24) is 20.1 Å². The molecule has 3 fully saturated rings. The van der Waals surface area contributed by atoms with Gasteiger partial charge in [-0.1, -0.05) is 105 Å². The molecule has 0 saturated heterocycles. The molecule has 0 amide bonds. The van der Waals surface area contributed by atoms with Gasteiger partial charge < -0.3 is 33.6 Å². The van der Waals surface area contributed by atoms with Gasteiger partial charge in [0, 0.05) is 23.3 Å². The second kappa shape index (κ2) is 18.8. The Hall–Kier alpha value is -5.89. The Labute approximate surface area is 385 Å². The Kier molecular flexibility index (Phi) is 12.9. The summed E-state index contributed by atoms with van der Waals surface area (Å²) in [5.41, 5.74) is 3.13. The van der Waals surface area contributed by atoms with Gasteiger partial charge in [0.15, 0.2) is 28.9 Å². The molecule has 7 aliphatic rings. The SMILES string of the molecule is CC1[C@H]2C=C[C@@H]1[C@@H]1CC=CC(=O)[C@@H]12.CC1[C@H]2C=C[C@@H]1[C@@H]1C[C@@H]3C(=C(O)c4c(OCc5ccccc5)noc4[C@@H]3N(C)C)C(=O)[C@@H]12.CN(C)Cc1onc(OCc2ccccc2)c1C(=O)CO. The van der Waals surface area contributed by atoms with Gasteiger partial charge >= 0.3 is 0 Å². The maximum absolute atomic E-state index is 13.8. The van der Waals surface area contributed by atoms with E-state index >= 15 is 0 Å². The third kappa shape index (κ3) is 8.19. The van der Waals surface area contributed by atoms with E-state index in [4.69, 9.17) is 23.6 Å². The zero-order valence-electron chi connectivity index (χ0n) is 38.4. The van der Waals surface area contributed by atoms with Gasteiger partial charge in [0.25, 0.3) is 11.8 Å². The Morgan fingerprint density at radius 1 is 0.773 bits per heavy atom. The quantitative estimate of drug-likeness (QED) is 0.110. The molecule has 0 radical (unpaired) electrons. The second-order valence-corrected chi connectivity index (χ2v) is 19.5. The lowest BCUT2D eigenvalue weighted by molar-refractivity contribution is -0.124. The van der Waals surface area contributed by atoms with Crippen LogP contribution in [-0.4, -0.2) is 82.5 Å². The summed E-state index contributed by atoms with van der Waals surface area (Å²) in [6, 6.07) is 19.2. The summed E-state index contributed by atoms with van der Waals surface area (Å²) < 4.78 is 22.4. The highest BCUT2D eigenvalue weighted by Crippen LogP contribution is 2.62. The normalized spacial score (nSPS) is 30.4. The summed E-state index contributed by atoms with van der Waals surface area (Å²) in [7, 11) is 7.67. The summed E-state index contributed by atoms with van der Waals surface area (Å²) >= 11 is 0. The van der Waals surface area contributed by atoms with Crippen LogP contribution in [0.25, 0.3) is 5.76 Å². The zero-order valence-corrected chi connectivity index (χ0v) is 38.4. The highest BCUT2D eigenvalue weighted by molar-refractivity contribution is 6.06. The summed E-state index contributed by atoms with van der Waals surface area (Å²) in [5, 5.41) is 28.4. The third-order valence-electron chi connectivity index (χ3n) is 15.2. The van der Waals surface area contributed by atoms with Gasteiger partial charge in [0.2, 0.25) is 0 Å². The number of Topliss-reactive ketones (excluding diaryl/α,β-unsaturated/α-hetero) is 2. The molecular formula is C53H60N4O9. The first kappa shape index (κ1) is 45.3. The van der Waals surface area contributed by atoms with Crippen LogP contribution in [0.4, 0.5) is 0 Å². The monoisotopic (exact) mass is 896 g/mol. The van der Waals surface area contributed by atoms with E-state index in [0.29, 0.717) is 88.9 Å². The first-order valence-corrected chi connectivity index (χ1v) is 23.2. The lowest BCUT2D eigenvalue weighted by Crippen LogP contribution is -2.44. The van der Waals surface area contributed by atoms with E-state index in [2.05, 4.69) is 59.4 Å². The predicted molar refractivity (Wildman–Crippen MR) is 246 cm³/mol. The summed E-state index contributed by atoms with van der Waals surface area (Å²) in [5.74, 6) is 5.63. The Morgan fingerprint density at radius 3 is 1.94 bits per heavy atom. The topological polar surface area (TPSA) is 169 Å². The Balaban J connectivity index is 0.000000138. The number of nitrogens with zero attached hydrogens (tertiary/aromatic N) is 4. The maximum atomic E-state index is 13.8. The first-order chi connectivity index (χ1) is 31.9. The molecule has 11 rings (SSSR count). The number of ether oxygens (including phenoxy) is 2. The highest BCUT2D eigenvalue weighted by atomic mass is 16.5. The van der Waals surface area contributed by atoms with Crippen LogP contribution in [0, 0.1) is 65.1 Å². The number of fused-ring (bicyclic) bond motifs is 12. The number of carbonyl (C=O) groups is 3. The number of allylic oxidation sites excluding steroid dienone is 6. The molecule has 0 aliphatic heterocycles. The lowest BCUT2D eigenvalue weighted by atomic mass is 9.62. The summed E-state index contributed by atoms with van der Waals surface area (Å²) in [6.07, 6.45) is 15.0. The van der Waals surface area contributed by atoms with Crippen molar-refractivity contribution in [2.75, 3.05) is 34.8 Å². The fourth-order valence-electron chi connectivity index (χ4n) is 12.2. The van der Waals surface area contributed by atoms with Gasteiger partial charge in [-0.3, -0.25) is 19.3 Å². The number of aliphatic hydroxyl groups is 2. The molecule has 2 N–H and O–H groups in total. The van der Waals surface area contributed by atoms with Crippen molar-refractivity contribution >= 4 is 23.1 Å². The van der Waals surface area contributed by atoms with Gasteiger partial charge in [0.1, 0.15) is 36.7 Å². The maximum Gasteiger partial charge on any atom is 0.265 e. The number of rotatable bonds is 11. The molecule has 0 spiro atoms. The highest BCUT2D eigenvalue weighted by Gasteiger charge is 2.60. The number of ketones is 3. The number of carbonyl (C=O) groups excluding carboxylic acids is 3. The third-order valence-corrected chi connectivity index (χ3v) is 15.2. The first-order valence-electron chi connectivity index (χ1n) is 23.2. The molecule has 2 unspecified atom stereocenters. The zero-order chi connectivity index (χ0) is 46.4. The molecule has 346 valence electrons. The fourth-order valence-corrected chi connectivity index (χ4v) is 12.2. The van der Waals surface area contributed by atoms with Crippen LogP contribution in [0.5, 0.6) is 11.8 Å². The van der Waals surface area contributed by atoms with Gasteiger partial charge in [-0.15, -0.1) is 0 Å². The summed E-state index contributed by atoms with van der Waals surface area (Å²) in [6.45, 7) is 4.93. The predicted octanol–water partition coefficient (Wildman–Crippen LogP) is 8.10.